The molecule has 0 bridgehead atoms. The molecule has 0 amide bonds. The Balaban J connectivity index is 2.64. The molecule has 2 unspecified atom stereocenters. The normalized spacial score (nSPS) is 14.6. The van der Waals surface area contributed by atoms with Crippen molar-refractivity contribution in [2.45, 2.75) is 19.1 Å². The molecule has 2 N–H and O–H groups in total. The Labute approximate surface area is 112 Å². The van der Waals surface area contributed by atoms with Crippen LogP contribution < -0.4 is 5.32 Å². The number of hydrogen-bond acceptors (Lipinski definition) is 3. The van der Waals surface area contributed by atoms with Gasteiger partial charge in [-0.05, 0) is 19.1 Å². The lowest BCUT2D eigenvalue weighted by molar-refractivity contribution is 0.127. The molecule has 17 heavy (non-hydrogen) atoms. The maximum Gasteiger partial charge on any atom is 0.0954 e. The second kappa shape index (κ2) is 7.19. The molecule has 1 aromatic carbocycles. The average Bonchev–Trinajstić information content (AvgIpc) is 2.28. The van der Waals surface area contributed by atoms with E-state index in [4.69, 9.17) is 27.9 Å². The minimum absolute atomic E-state index is 0.108. The van der Waals surface area contributed by atoms with Crippen molar-refractivity contribution in [1.29, 1.82) is 0 Å². The Kier molecular flexibility index (Phi) is 6.23. The molecule has 0 spiro atoms. The lowest BCUT2D eigenvalue weighted by Gasteiger charge is -2.21. The Morgan fingerprint density at radius 1 is 1.41 bits per heavy atom. The fourth-order valence-corrected chi connectivity index (χ4v) is 2.03. The van der Waals surface area contributed by atoms with Crippen molar-refractivity contribution < 1.29 is 9.84 Å². The van der Waals surface area contributed by atoms with Gasteiger partial charge in [0.15, 0.2) is 0 Å². The molecule has 0 aromatic heterocycles. The summed E-state index contributed by atoms with van der Waals surface area (Å²) in [6, 6.07) is 4.98. The molecule has 0 saturated carbocycles. The van der Waals surface area contributed by atoms with Gasteiger partial charge in [-0.2, -0.15) is 0 Å². The number of halogens is 2. The van der Waals surface area contributed by atoms with E-state index in [-0.39, 0.29) is 6.04 Å². The Morgan fingerprint density at radius 2 is 2.12 bits per heavy atom. The number of rotatable bonds is 6. The highest BCUT2D eigenvalue weighted by atomic mass is 35.5. The molecule has 0 radical (unpaired) electrons. The lowest BCUT2D eigenvalue weighted by Crippen LogP contribution is -2.34. The first-order valence-corrected chi connectivity index (χ1v) is 6.17. The molecular weight excluding hydrogens is 261 g/mol. The molecule has 96 valence electrons. The largest absolute Gasteiger partial charge is 0.387 e. The molecule has 5 heteroatoms. The summed E-state index contributed by atoms with van der Waals surface area (Å²) in [6.45, 7) is 3.18. The van der Waals surface area contributed by atoms with E-state index >= 15 is 0 Å². The zero-order chi connectivity index (χ0) is 12.8. The molecule has 0 fully saturated rings. The summed E-state index contributed by atoms with van der Waals surface area (Å²) >= 11 is 11.8. The highest BCUT2D eigenvalue weighted by molar-refractivity contribution is 6.35. The van der Waals surface area contributed by atoms with Gasteiger partial charge in [0, 0.05) is 35.3 Å². The minimum Gasteiger partial charge on any atom is -0.387 e. The average molecular weight is 278 g/mol. The predicted molar refractivity (Wildman–Crippen MR) is 70.8 cm³/mol. The van der Waals surface area contributed by atoms with Crippen LogP contribution >= 0.6 is 23.2 Å². The third-order valence-corrected chi connectivity index (χ3v) is 3.09. The highest BCUT2D eigenvalue weighted by Gasteiger charge is 2.18. The van der Waals surface area contributed by atoms with E-state index in [1.807, 2.05) is 6.92 Å². The van der Waals surface area contributed by atoms with Crippen LogP contribution in [-0.4, -0.2) is 31.4 Å². The van der Waals surface area contributed by atoms with E-state index in [1.54, 1.807) is 25.3 Å². The smallest absolute Gasteiger partial charge is 0.0954 e. The Hall–Kier alpha value is -0.320. The van der Waals surface area contributed by atoms with E-state index in [9.17, 15) is 5.11 Å². The molecule has 0 aliphatic carbocycles. The number of ether oxygens (including phenoxy) is 1. The van der Waals surface area contributed by atoms with Crippen LogP contribution in [0.1, 0.15) is 18.6 Å². The topological polar surface area (TPSA) is 41.5 Å². The van der Waals surface area contributed by atoms with Crippen LogP contribution in [0.3, 0.4) is 0 Å². The highest BCUT2D eigenvalue weighted by Crippen LogP contribution is 2.27. The monoisotopic (exact) mass is 277 g/mol. The lowest BCUT2D eigenvalue weighted by atomic mass is 10.0. The second-order valence-corrected chi connectivity index (χ2v) is 4.69. The number of aliphatic hydroxyl groups is 1. The maximum atomic E-state index is 10.1. The fraction of sp³-hybridized carbons (Fsp3) is 0.500. The van der Waals surface area contributed by atoms with Gasteiger partial charge in [0.1, 0.15) is 0 Å². The summed E-state index contributed by atoms with van der Waals surface area (Å²) in [7, 11) is 1.64. The Morgan fingerprint density at radius 3 is 2.71 bits per heavy atom. The van der Waals surface area contributed by atoms with E-state index in [1.165, 1.54) is 0 Å². The van der Waals surface area contributed by atoms with Gasteiger partial charge in [-0.15, -0.1) is 0 Å². The third-order valence-electron chi connectivity index (χ3n) is 2.53. The van der Waals surface area contributed by atoms with Gasteiger partial charge in [-0.25, -0.2) is 0 Å². The minimum atomic E-state index is -0.670. The molecule has 0 aliphatic heterocycles. The SMILES string of the molecule is COCCNC(C)C(O)c1ccc(Cl)cc1Cl. The zero-order valence-corrected chi connectivity index (χ0v) is 11.4. The van der Waals surface area contributed by atoms with Crippen molar-refractivity contribution >= 4 is 23.2 Å². The number of benzene rings is 1. The molecule has 3 nitrogen and oxygen atoms in total. The van der Waals surface area contributed by atoms with Crippen LogP contribution in [0.5, 0.6) is 0 Å². The summed E-state index contributed by atoms with van der Waals surface area (Å²) in [5.41, 5.74) is 0.675. The van der Waals surface area contributed by atoms with Crippen molar-refractivity contribution in [3.8, 4) is 0 Å². The number of methoxy groups -OCH3 is 1. The van der Waals surface area contributed by atoms with Gasteiger partial charge in [0.05, 0.1) is 12.7 Å². The van der Waals surface area contributed by atoms with E-state index in [0.717, 1.165) is 0 Å². The summed E-state index contributed by atoms with van der Waals surface area (Å²) in [5, 5.41) is 14.3. The van der Waals surface area contributed by atoms with Crippen molar-refractivity contribution in [3.63, 3.8) is 0 Å². The first-order valence-electron chi connectivity index (χ1n) is 5.41. The van der Waals surface area contributed by atoms with Gasteiger partial charge in [-0.3, -0.25) is 0 Å². The van der Waals surface area contributed by atoms with E-state index < -0.39 is 6.10 Å². The van der Waals surface area contributed by atoms with Crippen LogP contribution in [-0.2, 0) is 4.74 Å². The summed E-state index contributed by atoms with van der Waals surface area (Å²) < 4.78 is 4.93. The fourth-order valence-electron chi connectivity index (χ4n) is 1.51. The second-order valence-electron chi connectivity index (χ2n) is 3.85. The molecule has 1 rings (SSSR count). The predicted octanol–water partition coefficient (Wildman–Crippen LogP) is 2.65. The number of hydrogen-bond donors (Lipinski definition) is 2. The van der Waals surface area contributed by atoms with Crippen molar-refractivity contribution in [1.82, 2.24) is 5.32 Å². The Bertz CT molecular complexity index is 360. The summed E-state index contributed by atoms with van der Waals surface area (Å²) in [4.78, 5) is 0. The molecule has 1 aromatic rings. The van der Waals surface area contributed by atoms with Gasteiger partial charge < -0.3 is 15.2 Å². The van der Waals surface area contributed by atoms with Crippen molar-refractivity contribution in [2.75, 3.05) is 20.3 Å². The maximum absolute atomic E-state index is 10.1. The molecular formula is C12H17Cl2NO2. The van der Waals surface area contributed by atoms with Crippen molar-refractivity contribution in [3.05, 3.63) is 33.8 Å². The molecule has 2 atom stereocenters. The molecule has 0 saturated heterocycles. The van der Waals surface area contributed by atoms with Gasteiger partial charge in [0.2, 0.25) is 0 Å². The number of aliphatic hydroxyl groups excluding tert-OH is 1. The van der Waals surface area contributed by atoms with Gasteiger partial charge in [0.25, 0.3) is 0 Å². The molecule has 0 aliphatic rings. The zero-order valence-electron chi connectivity index (χ0n) is 9.91. The summed E-state index contributed by atoms with van der Waals surface area (Å²) in [6.07, 6.45) is -0.670. The standard InChI is InChI=1S/C12H17Cl2NO2/c1-8(15-5-6-17-2)12(16)10-4-3-9(13)7-11(10)14/h3-4,7-8,12,15-16H,5-6H2,1-2H3. The first kappa shape index (κ1) is 14.7. The van der Waals surface area contributed by atoms with E-state index in [2.05, 4.69) is 5.32 Å². The van der Waals surface area contributed by atoms with Crippen LogP contribution in [0.25, 0.3) is 0 Å². The van der Waals surface area contributed by atoms with Crippen molar-refractivity contribution in [2.24, 2.45) is 0 Å². The molecule has 0 heterocycles. The van der Waals surface area contributed by atoms with Gasteiger partial charge >= 0.3 is 0 Å². The third kappa shape index (κ3) is 4.45. The quantitative estimate of drug-likeness (QED) is 0.786. The first-order chi connectivity index (χ1) is 8.06. The van der Waals surface area contributed by atoms with Crippen LogP contribution in [0.15, 0.2) is 18.2 Å². The summed E-state index contributed by atoms with van der Waals surface area (Å²) in [5.74, 6) is 0. The van der Waals surface area contributed by atoms with Crippen LogP contribution in [0.2, 0.25) is 10.0 Å². The van der Waals surface area contributed by atoms with Crippen LogP contribution in [0.4, 0.5) is 0 Å². The van der Waals surface area contributed by atoms with E-state index in [0.29, 0.717) is 28.8 Å². The number of nitrogens with one attached hydrogen (secondary N) is 1. The van der Waals surface area contributed by atoms with Crippen LogP contribution in [0, 0.1) is 0 Å². The van der Waals surface area contributed by atoms with Gasteiger partial charge in [-0.1, -0.05) is 29.3 Å².